The van der Waals surface area contributed by atoms with E-state index in [9.17, 15) is 10.1 Å². The molecule has 2 heterocycles. The van der Waals surface area contributed by atoms with E-state index in [0.717, 1.165) is 5.56 Å². The number of rotatable bonds is 7. The maximum absolute atomic E-state index is 11.9. The summed E-state index contributed by atoms with van der Waals surface area (Å²) in [5, 5.41) is 16.7. The van der Waals surface area contributed by atoms with Crippen molar-refractivity contribution >= 4 is 5.97 Å². The lowest BCUT2D eigenvalue weighted by atomic mass is 9.83. The Kier molecular flexibility index (Phi) is 6.17. The van der Waals surface area contributed by atoms with Crippen LogP contribution in [0.4, 0.5) is 0 Å². The van der Waals surface area contributed by atoms with Crippen molar-refractivity contribution in [3.63, 3.8) is 0 Å². The lowest BCUT2D eigenvalue weighted by molar-refractivity contribution is -0.139. The van der Waals surface area contributed by atoms with Gasteiger partial charge in [0.1, 0.15) is 18.2 Å². The van der Waals surface area contributed by atoms with Crippen LogP contribution in [0.3, 0.4) is 0 Å². The molecule has 0 aliphatic carbocycles. The van der Waals surface area contributed by atoms with Crippen molar-refractivity contribution in [1.29, 1.82) is 5.26 Å². The summed E-state index contributed by atoms with van der Waals surface area (Å²) in [5.74, 6) is 0.131. The van der Waals surface area contributed by atoms with Gasteiger partial charge in [-0.15, -0.1) is 5.10 Å². The quantitative estimate of drug-likeness (QED) is 0.530. The number of hydrogen-bond acceptors (Lipinski definition) is 8. The zero-order valence-corrected chi connectivity index (χ0v) is 18.1. The molecule has 0 saturated heterocycles. The Hall–Kier alpha value is -4.45. The Balaban J connectivity index is 1.72. The minimum atomic E-state index is -0.616. The molecule has 9 nitrogen and oxygen atoms in total. The topological polar surface area (TPSA) is 132 Å². The molecule has 4 rings (SSSR count). The molecule has 0 amide bonds. The van der Waals surface area contributed by atoms with Gasteiger partial charge in [-0.05, 0) is 23.3 Å². The summed E-state index contributed by atoms with van der Waals surface area (Å²) < 4.78 is 21.8. The van der Waals surface area contributed by atoms with E-state index in [1.54, 1.807) is 19.2 Å². The fourth-order valence-corrected chi connectivity index (χ4v) is 3.71. The second kappa shape index (κ2) is 9.36. The molecule has 33 heavy (non-hydrogen) atoms. The predicted molar refractivity (Wildman–Crippen MR) is 117 cm³/mol. The highest BCUT2D eigenvalue weighted by Crippen LogP contribution is 2.44. The van der Waals surface area contributed by atoms with Gasteiger partial charge in [-0.3, -0.25) is 9.89 Å². The molecule has 9 heteroatoms. The molecule has 1 atom stereocenters. The number of nitrogens with two attached hydrogens (primary N) is 1. The van der Waals surface area contributed by atoms with E-state index in [4.69, 9.17) is 24.7 Å². The molecule has 1 aliphatic rings. The largest absolute Gasteiger partial charge is 0.493 e. The second-order valence-electron chi connectivity index (χ2n) is 7.28. The number of aromatic amines is 1. The van der Waals surface area contributed by atoms with E-state index >= 15 is 0 Å². The van der Waals surface area contributed by atoms with E-state index in [1.165, 1.54) is 7.11 Å². The first kappa shape index (κ1) is 21.8. The third-order valence-corrected chi connectivity index (χ3v) is 5.32. The number of benzene rings is 2. The van der Waals surface area contributed by atoms with E-state index in [0.29, 0.717) is 34.9 Å². The second-order valence-corrected chi connectivity index (χ2v) is 7.28. The Morgan fingerprint density at radius 1 is 1.21 bits per heavy atom. The molecule has 1 aromatic heterocycles. The highest BCUT2D eigenvalue weighted by molar-refractivity contribution is 5.73. The molecule has 0 fully saturated rings. The van der Waals surface area contributed by atoms with Crippen molar-refractivity contribution in [3.05, 3.63) is 82.4 Å². The van der Waals surface area contributed by atoms with Crippen LogP contribution >= 0.6 is 0 Å². The number of nitriles is 1. The van der Waals surface area contributed by atoms with E-state index < -0.39 is 11.9 Å². The summed E-state index contributed by atoms with van der Waals surface area (Å²) >= 11 is 0. The van der Waals surface area contributed by atoms with Crippen LogP contribution in [-0.2, 0) is 22.6 Å². The summed E-state index contributed by atoms with van der Waals surface area (Å²) in [7, 11) is 2.84. The van der Waals surface area contributed by atoms with Crippen LogP contribution in [0.25, 0.3) is 0 Å². The van der Waals surface area contributed by atoms with E-state index in [2.05, 4.69) is 16.3 Å². The van der Waals surface area contributed by atoms with Gasteiger partial charge < -0.3 is 24.7 Å². The first-order valence-corrected chi connectivity index (χ1v) is 10.1. The van der Waals surface area contributed by atoms with Crippen molar-refractivity contribution < 1.29 is 23.7 Å². The molecule has 0 spiro atoms. The first-order chi connectivity index (χ1) is 16.0. The fourth-order valence-electron chi connectivity index (χ4n) is 3.71. The number of fused-ring (bicyclic) bond motifs is 1. The number of methoxy groups -OCH3 is 2. The van der Waals surface area contributed by atoms with Crippen molar-refractivity contribution in [3.8, 4) is 23.4 Å². The summed E-state index contributed by atoms with van der Waals surface area (Å²) in [6.07, 6.45) is -0.0628. The van der Waals surface area contributed by atoms with Gasteiger partial charge in [-0.2, -0.15) is 5.26 Å². The maximum Gasteiger partial charge on any atom is 0.311 e. The number of hydrogen-bond donors (Lipinski definition) is 2. The molecule has 1 unspecified atom stereocenters. The van der Waals surface area contributed by atoms with Crippen molar-refractivity contribution in [2.75, 3.05) is 14.2 Å². The monoisotopic (exact) mass is 446 g/mol. The highest BCUT2D eigenvalue weighted by Gasteiger charge is 2.36. The number of nitrogens with one attached hydrogen (secondary N) is 1. The smallest absolute Gasteiger partial charge is 0.311 e. The van der Waals surface area contributed by atoms with Crippen LogP contribution in [0.2, 0.25) is 0 Å². The number of aromatic nitrogens is 2. The molecule has 0 radical (unpaired) electrons. The molecule has 168 valence electrons. The number of allylic oxidation sites excluding steroid dienone is 1. The highest BCUT2D eigenvalue weighted by atomic mass is 16.5. The third-order valence-electron chi connectivity index (χ3n) is 5.32. The molecular weight excluding hydrogens is 424 g/mol. The van der Waals surface area contributed by atoms with Gasteiger partial charge in [-0.25, -0.2) is 0 Å². The lowest BCUT2D eigenvalue weighted by Crippen LogP contribution is -2.22. The average molecular weight is 446 g/mol. The first-order valence-electron chi connectivity index (χ1n) is 10.1. The Labute approximate surface area is 190 Å². The normalized spacial score (nSPS) is 14.6. The minimum absolute atomic E-state index is 0.0468. The number of H-pyrrole nitrogens is 1. The van der Waals surface area contributed by atoms with Gasteiger partial charge in [0.15, 0.2) is 11.5 Å². The molecule has 3 N–H and O–H groups in total. The van der Waals surface area contributed by atoms with Gasteiger partial charge in [-0.1, -0.05) is 36.4 Å². The Bertz CT molecular complexity index is 1240. The van der Waals surface area contributed by atoms with Crippen molar-refractivity contribution in [2.45, 2.75) is 18.9 Å². The number of nitrogens with zero attached hydrogens (tertiary/aromatic N) is 2. The van der Waals surface area contributed by atoms with Gasteiger partial charge in [0.2, 0.25) is 11.8 Å². The third kappa shape index (κ3) is 4.32. The standard InChI is InChI=1S/C24H22N4O5/c1-30-19-10-15(8-9-18(19)32-13-14-6-4-3-5-7-14)21-16(12-25)23(26)33-24-22(21)17(27-28-24)11-20(29)31-2/h3-10,21H,11,13,26H2,1-2H3,(H,27,28). The predicted octanol–water partition coefficient (Wildman–Crippen LogP) is 2.93. The molecule has 0 saturated carbocycles. The van der Waals surface area contributed by atoms with Gasteiger partial charge >= 0.3 is 5.97 Å². The minimum Gasteiger partial charge on any atom is -0.493 e. The zero-order valence-electron chi connectivity index (χ0n) is 18.1. The van der Waals surface area contributed by atoms with E-state index in [1.807, 2.05) is 36.4 Å². The van der Waals surface area contributed by atoms with Crippen LogP contribution in [-0.4, -0.2) is 30.4 Å². The number of ether oxygens (including phenoxy) is 4. The fraction of sp³-hybridized carbons (Fsp3) is 0.208. The van der Waals surface area contributed by atoms with Crippen LogP contribution in [0.5, 0.6) is 17.4 Å². The molecule has 3 aromatic rings. The Morgan fingerprint density at radius 3 is 2.70 bits per heavy atom. The number of carbonyl (C=O) groups is 1. The van der Waals surface area contributed by atoms with Crippen molar-refractivity contribution in [2.24, 2.45) is 5.73 Å². The van der Waals surface area contributed by atoms with Gasteiger partial charge in [0.05, 0.1) is 37.8 Å². The molecule has 0 bridgehead atoms. The average Bonchev–Trinajstić information content (AvgIpc) is 3.23. The summed E-state index contributed by atoms with van der Waals surface area (Å²) in [5.41, 5.74) is 8.97. The van der Waals surface area contributed by atoms with Crippen LogP contribution in [0.1, 0.15) is 28.3 Å². The summed E-state index contributed by atoms with van der Waals surface area (Å²) in [6, 6.07) is 17.3. The van der Waals surface area contributed by atoms with Gasteiger partial charge in [0.25, 0.3) is 0 Å². The summed E-state index contributed by atoms with van der Waals surface area (Å²) in [6.45, 7) is 0.374. The van der Waals surface area contributed by atoms with Crippen molar-refractivity contribution in [1.82, 2.24) is 10.2 Å². The molecule has 1 aliphatic heterocycles. The number of esters is 1. The van der Waals surface area contributed by atoms with Crippen LogP contribution in [0, 0.1) is 11.3 Å². The molecular formula is C24H22N4O5. The SMILES string of the molecule is COC(=O)Cc1[nH]nc2c1C(c1ccc(OCc3ccccc3)c(OC)c1)C(C#N)=C(N)O2. The number of carbonyl (C=O) groups excluding carboxylic acids is 1. The maximum atomic E-state index is 11.9. The van der Waals surface area contributed by atoms with Crippen LogP contribution < -0.4 is 19.9 Å². The zero-order chi connectivity index (χ0) is 23.4. The van der Waals surface area contributed by atoms with Gasteiger partial charge in [0, 0.05) is 0 Å². The van der Waals surface area contributed by atoms with E-state index in [-0.39, 0.29) is 23.8 Å². The lowest BCUT2D eigenvalue weighted by Gasteiger charge is -2.24. The molecule has 2 aromatic carbocycles. The summed E-state index contributed by atoms with van der Waals surface area (Å²) in [4.78, 5) is 11.9. The Morgan fingerprint density at radius 2 is 2.00 bits per heavy atom. The van der Waals surface area contributed by atoms with Crippen LogP contribution in [0.15, 0.2) is 60.0 Å².